The Balaban J connectivity index is 1.62. The third kappa shape index (κ3) is 5.47. The first-order chi connectivity index (χ1) is 12.4. The number of nitrogens with one attached hydrogen (secondary N) is 1. The van der Waals surface area contributed by atoms with Crippen molar-refractivity contribution in [2.24, 2.45) is 17.8 Å². The van der Waals surface area contributed by atoms with Gasteiger partial charge in [0.2, 0.25) is 5.75 Å². The lowest BCUT2D eigenvalue weighted by atomic mass is 9.99. The third-order valence-corrected chi connectivity index (χ3v) is 5.16. The van der Waals surface area contributed by atoms with E-state index in [4.69, 9.17) is 9.47 Å². The lowest BCUT2D eigenvalue weighted by molar-refractivity contribution is -0.149. The first-order valence-corrected chi connectivity index (χ1v) is 9.46. The number of carbonyl (C=O) groups is 1. The van der Waals surface area contributed by atoms with Crippen LogP contribution >= 0.6 is 0 Å². The average Bonchev–Trinajstić information content (AvgIpc) is 2.94. The van der Waals surface area contributed by atoms with E-state index in [-0.39, 0.29) is 17.6 Å². The maximum Gasteiger partial charge on any atom is 0.328 e. The molecule has 1 heterocycles. The zero-order chi connectivity index (χ0) is 19.1. The number of hydrogen-bond acceptors (Lipinski definition) is 5. The number of unbranched alkanes of at least 4 members (excludes halogenated alkanes) is 3. The summed E-state index contributed by atoms with van der Waals surface area (Å²) in [5.74, 6) is 1.18. The van der Waals surface area contributed by atoms with Crippen LogP contribution in [0.15, 0.2) is 15.8 Å². The van der Waals surface area contributed by atoms with Crippen LogP contribution in [-0.2, 0) is 16.1 Å². The average molecular weight is 366 g/mol. The van der Waals surface area contributed by atoms with E-state index in [1.807, 2.05) is 0 Å². The summed E-state index contributed by atoms with van der Waals surface area (Å²) in [7, 11) is 1.40. The van der Waals surface area contributed by atoms with Gasteiger partial charge in [-0.3, -0.25) is 19.1 Å². The molecule has 0 saturated heterocycles. The van der Waals surface area contributed by atoms with Crippen molar-refractivity contribution in [3.8, 4) is 5.75 Å². The standard InChI is InChI=1S/C19H30N2O5/c1-13-10-14(2)15(11-13)18(23)26-9-7-5-4-6-8-21-12-16(25-3)17(22)20-19(21)24/h12-15H,4-11H2,1-3H3,(H,20,22,24). The zero-order valence-electron chi connectivity index (χ0n) is 16.0. The molecule has 7 nitrogen and oxygen atoms in total. The van der Waals surface area contributed by atoms with Gasteiger partial charge in [0.15, 0.2) is 0 Å². The Hall–Kier alpha value is -2.05. The molecule has 1 fully saturated rings. The van der Waals surface area contributed by atoms with Gasteiger partial charge in [0.25, 0.3) is 5.56 Å². The van der Waals surface area contributed by atoms with Gasteiger partial charge in [0.05, 0.1) is 25.8 Å². The number of methoxy groups -OCH3 is 1. The molecule has 3 atom stereocenters. The Morgan fingerprint density at radius 1 is 1.19 bits per heavy atom. The normalized spacial score (nSPS) is 22.3. The van der Waals surface area contributed by atoms with Crippen LogP contribution in [0.4, 0.5) is 0 Å². The molecule has 0 spiro atoms. The molecule has 1 saturated carbocycles. The highest BCUT2D eigenvalue weighted by molar-refractivity contribution is 5.73. The van der Waals surface area contributed by atoms with Crippen molar-refractivity contribution in [1.29, 1.82) is 0 Å². The zero-order valence-corrected chi connectivity index (χ0v) is 16.0. The summed E-state index contributed by atoms with van der Waals surface area (Å²) in [4.78, 5) is 37.5. The molecule has 1 aliphatic rings. The molecule has 0 bridgehead atoms. The van der Waals surface area contributed by atoms with E-state index in [2.05, 4.69) is 18.8 Å². The van der Waals surface area contributed by atoms with Crippen LogP contribution in [0.1, 0.15) is 52.4 Å². The van der Waals surface area contributed by atoms with Gasteiger partial charge < -0.3 is 9.47 Å². The van der Waals surface area contributed by atoms with E-state index in [9.17, 15) is 14.4 Å². The maximum absolute atomic E-state index is 12.1. The van der Waals surface area contributed by atoms with E-state index in [0.717, 1.165) is 38.5 Å². The number of ether oxygens (including phenoxy) is 2. The molecule has 3 unspecified atom stereocenters. The fraction of sp³-hybridized carbons (Fsp3) is 0.737. The number of hydrogen-bond donors (Lipinski definition) is 1. The highest BCUT2D eigenvalue weighted by Gasteiger charge is 2.34. The lowest BCUT2D eigenvalue weighted by Gasteiger charge is -2.14. The Morgan fingerprint density at radius 2 is 1.92 bits per heavy atom. The summed E-state index contributed by atoms with van der Waals surface area (Å²) in [5, 5.41) is 0. The van der Waals surface area contributed by atoms with Crippen LogP contribution in [0.3, 0.4) is 0 Å². The van der Waals surface area contributed by atoms with Gasteiger partial charge >= 0.3 is 11.7 Å². The van der Waals surface area contributed by atoms with Crippen LogP contribution in [0, 0.1) is 17.8 Å². The predicted octanol–water partition coefficient (Wildman–Crippen LogP) is 2.33. The highest BCUT2D eigenvalue weighted by Crippen LogP contribution is 2.36. The topological polar surface area (TPSA) is 90.4 Å². The monoisotopic (exact) mass is 366 g/mol. The van der Waals surface area contributed by atoms with Gasteiger partial charge in [-0.1, -0.05) is 20.3 Å². The minimum Gasteiger partial charge on any atom is -0.490 e. The van der Waals surface area contributed by atoms with Gasteiger partial charge in [-0.25, -0.2) is 4.79 Å². The number of esters is 1. The van der Waals surface area contributed by atoms with Crippen molar-refractivity contribution in [1.82, 2.24) is 9.55 Å². The molecule has 1 aromatic heterocycles. The minimum absolute atomic E-state index is 0.0475. The number of carbonyl (C=O) groups excluding carboxylic acids is 1. The molecule has 146 valence electrons. The van der Waals surface area contributed by atoms with E-state index in [0.29, 0.717) is 25.0 Å². The summed E-state index contributed by atoms with van der Waals surface area (Å²) in [6.45, 7) is 5.29. The second-order valence-electron chi connectivity index (χ2n) is 7.39. The van der Waals surface area contributed by atoms with E-state index >= 15 is 0 Å². The Morgan fingerprint density at radius 3 is 2.58 bits per heavy atom. The van der Waals surface area contributed by atoms with Crippen molar-refractivity contribution in [3.05, 3.63) is 27.0 Å². The van der Waals surface area contributed by atoms with Crippen molar-refractivity contribution in [2.75, 3.05) is 13.7 Å². The number of nitrogens with zero attached hydrogens (tertiary/aromatic N) is 1. The van der Waals surface area contributed by atoms with Crippen LogP contribution in [0.5, 0.6) is 5.75 Å². The molecule has 2 rings (SSSR count). The van der Waals surface area contributed by atoms with Gasteiger partial charge in [0, 0.05) is 6.54 Å². The third-order valence-electron chi connectivity index (χ3n) is 5.16. The van der Waals surface area contributed by atoms with Crippen LogP contribution < -0.4 is 16.0 Å². The number of aromatic nitrogens is 2. The van der Waals surface area contributed by atoms with Gasteiger partial charge in [-0.15, -0.1) is 0 Å². The largest absolute Gasteiger partial charge is 0.490 e. The molecule has 0 aromatic carbocycles. The molecular weight excluding hydrogens is 336 g/mol. The molecule has 0 radical (unpaired) electrons. The Kier molecular flexibility index (Phi) is 7.48. The van der Waals surface area contributed by atoms with E-state index in [1.54, 1.807) is 0 Å². The SMILES string of the molecule is COc1cn(CCCCCCOC(=O)C2CC(C)CC2C)c(=O)[nH]c1=O. The van der Waals surface area contributed by atoms with Crippen molar-refractivity contribution in [2.45, 2.75) is 58.9 Å². The van der Waals surface area contributed by atoms with Crippen LogP contribution in [-0.4, -0.2) is 29.2 Å². The first-order valence-electron chi connectivity index (χ1n) is 9.46. The molecule has 1 aromatic rings. The summed E-state index contributed by atoms with van der Waals surface area (Å²) < 4.78 is 11.8. The van der Waals surface area contributed by atoms with Gasteiger partial charge in [-0.05, 0) is 43.9 Å². The van der Waals surface area contributed by atoms with Crippen LogP contribution in [0.2, 0.25) is 0 Å². The minimum atomic E-state index is -0.512. The quantitative estimate of drug-likeness (QED) is 0.535. The van der Waals surface area contributed by atoms with Crippen molar-refractivity contribution < 1.29 is 14.3 Å². The highest BCUT2D eigenvalue weighted by atomic mass is 16.5. The Labute approximate surface area is 153 Å². The second-order valence-corrected chi connectivity index (χ2v) is 7.39. The predicted molar refractivity (Wildman–Crippen MR) is 98.4 cm³/mol. The fourth-order valence-corrected chi connectivity index (χ4v) is 3.71. The Bertz CT molecular complexity index is 709. The number of rotatable bonds is 9. The lowest BCUT2D eigenvalue weighted by Crippen LogP contribution is -2.30. The molecule has 0 amide bonds. The molecule has 26 heavy (non-hydrogen) atoms. The second kappa shape index (κ2) is 9.59. The van der Waals surface area contributed by atoms with E-state index in [1.165, 1.54) is 17.9 Å². The summed E-state index contributed by atoms with van der Waals surface area (Å²) in [6.07, 6.45) is 6.96. The summed E-state index contributed by atoms with van der Waals surface area (Å²) in [6, 6.07) is 0. The van der Waals surface area contributed by atoms with Crippen molar-refractivity contribution in [3.63, 3.8) is 0 Å². The number of aryl methyl sites for hydroxylation is 1. The first kappa shape index (κ1) is 20.3. The smallest absolute Gasteiger partial charge is 0.328 e. The van der Waals surface area contributed by atoms with E-state index < -0.39 is 11.2 Å². The van der Waals surface area contributed by atoms with Gasteiger partial charge in [-0.2, -0.15) is 0 Å². The van der Waals surface area contributed by atoms with Crippen molar-refractivity contribution >= 4 is 5.97 Å². The molecule has 1 N–H and O–H groups in total. The van der Waals surface area contributed by atoms with Gasteiger partial charge in [0.1, 0.15) is 0 Å². The molecular formula is C19H30N2O5. The molecule has 1 aliphatic carbocycles. The number of H-pyrrole nitrogens is 1. The van der Waals surface area contributed by atoms with Crippen LogP contribution in [0.25, 0.3) is 0 Å². The number of aromatic amines is 1. The summed E-state index contributed by atoms with van der Waals surface area (Å²) >= 11 is 0. The molecule has 0 aliphatic heterocycles. The summed E-state index contributed by atoms with van der Waals surface area (Å²) in [5.41, 5.74) is -0.939. The maximum atomic E-state index is 12.1. The fourth-order valence-electron chi connectivity index (χ4n) is 3.71. The molecule has 7 heteroatoms.